The van der Waals surface area contributed by atoms with E-state index in [1.807, 2.05) is 6.20 Å². The van der Waals surface area contributed by atoms with Crippen LogP contribution in [0.2, 0.25) is 0 Å². The highest BCUT2D eigenvalue weighted by molar-refractivity contribution is 5.85. The second-order valence-electron chi connectivity index (χ2n) is 2.65. The van der Waals surface area contributed by atoms with Crippen LogP contribution in [-0.4, -0.2) is 36.1 Å². The molecule has 0 radical (unpaired) electrons. The van der Waals surface area contributed by atoms with Crippen LogP contribution in [0.25, 0.3) is 0 Å². The smallest absolute Gasteiger partial charge is 0.202 e. The molecule has 1 aromatic heterocycles. The van der Waals surface area contributed by atoms with Gasteiger partial charge in [0.1, 0.15) is 0 Å². The standard InChI is InChI=1S/C7H12N4.2ClH/c1-2-10-7(9-1)11-5-3-8-4-6-11;;/h1-2,8H,3-6H2,(H,9,10);2*1H. The van der Waals surface area contributed by atoms with E-state index in [2.05, 4.69) is 20.2 Å². The summed E-state index contributed by atoms with van der Waals surface area (Å²) >= 11 is 0. The van der Waals surface area contributed by atoms with Crippen molar-refractivity contribution in [2.45, 2.75) is 0 Å². The Labute approximate surface area is 89.9 Å². The van der Waals surface area contributed by atoms with Crippen LogP contribution in [0.4, 0.5) is 5.95 Å². The molecule has 0 spiro atoms. The van der Waals surface area contributed by atoms with Crippen molar-refractivity contribution in [1.29, 1.82) is 0 Å². The van der Waals surface area contributed by atoms with Gasteiger partial charge < -0.3 is 15.2 Å². The average molecular weight is 225 g/mol. The van der Waals surface area contributed by atoms with Crippen molar-refractivity contribution in [1.82, 2.24) is 15.3 Å². The van der Waals surface area contributed by atoms with Crippen molar-refractivity contribution in [3.63, 3.8) is 0 Å². The van der Waals surface area contributed by atoms with Gasteiger partial charge in [0.25, 0.3) is 0 Å². The van der Waals surface area contributed by atoms with E-state index in [9.17, 15) is 0 Å². The van der Waals surface area contributed by atoms with Crippen molar-refractivity contribution in [2.24, 2.45) is 0 Å². The Kier molecular flexibility index (Phi) is 5.86. The maximum absolute atomic E-state index is 4.18. The molecule has 4 nitrogen and oxygen atoms in total. The van der Waals surface area contributed by atoms with Crippen LogP contribution in [0.3, 0.4) is 0 Å². The summed E-state index contributed by atoms with van der Waals surface area (Å²) in [5.41, 5.74) is 0. The lowest BCUT2D eigenvalue weighted by Gasteiger charge is -2.26. The quantitative estimate of drug-likeness (QED) is 0.738. The van der Waals surface area contributed by atoms with Gasteiger partial charge in [0.15, 0.2) is 0 Å². The first kappa shape index (κ1) is 12.6. The van der Waals surface area contributed by atoms with Crippen molar-refractivity contribution < 1.29 is 0 Å². The number of halogens is 2. The zero-order chi connectivity index (χ0) is 7.52. The van der Waals surface area contributed by atoms with Crippen LogP contribution in [0, 0.1) is 0 Å². The zero-order valence-electron chi connectivity index (χ0n) is 7.19. The monoisotopic (exact) mass is 224 g/mol. The first-order chi connectivity index (χ1) is 5.47. The average Bonchev–Trinajstić information content (AvgIpc) is 2.58. The molecule has 2 heterocycles. The van der Waals surface area contributed by atoms with E-state index in [4.69, 9.17) is 0 Å². The molecule has 0 aliphatic carbocycles. The molecule has 0 aromatic carbocycles. The maximum atomic E-state index is 4.18. The third kappa shape index (κ3) is 3.06. The topological polar surface area (TPSA) is 44.0 Å². The fourth-order valence-corrected chi connectivity index (χ4v) is 1.31. The minimum Gasteiger partial charge on any atom is -0.340 e. The molecule has 2 rings (SSSR count). The molecule has 1 aliphatic heterocycles. The van der Waals surface area contributed by atoms with Gasteiger partial charge in [-0.3, -0.25) is 0 Å². The molecule has 1 fully saturated rings. The van der Waals surface area contributed by atoms with Gasteiger partial charge in [0.05, 0.1) is 0 Å². The maximum Gasteiger partial charge on any atom is 0.202 e. The lowest BCUT2D eigenvalue weighted by Crippen LogP contribution is -2.44. The summed E-state index contributed by atoms with van der Waals surface area (Å²) in [6.45, 7) is 4.21. The van der Waals surface area contributed by atoms with E-state index < -0.39 is 0 Å². The number of H-pyrrole nitrogens is 1. The van der Waals surface area contributed by atoms with Crippen LogP contribution >= 0.6 is 24.8 Å². The first-order valence-electron chi connectivity index (χ1n) is 3.92. The molecular formula is C7H14Cl2N4. The fraction of sp³-hybridized carbons (Fsp3) is 0.571. The molecule has 1 saturated heterocycles. The molecule has 0 unspecified atom stereocenters. The Morgan fingerprint density at radius 2 is 1.92 bits per heavy atom. The Morgan fingerprint density at radius 3 is 2.46 bits per heavy atom. The second kappa shape index (κ2) is 6.07. The molecule has 6 heteroatoms. The van der Waals surface area contributed by atoms with Gasteiger partial charge in [0.2, 0.25) is 5.95 Å². The van der Waals surface area contributed by atoms with Gasteiger partial charge in [-0.25, -0.2) is 4.98 Å². The highest BCUT2D eigenvalue weighted by Crippen LogP contribution is 2.05. The number of hydrogen-bond acceptors (Lipinski definition) is 3. The Hall–Kier alpha value is -0.450. The van der Waals surface area contributed by atoms with E-state index in [0.29, 0.717) is 0 Å². The van der Waals surface area contributed by atoms with Gasteiger partial charge >= 0.3 is 0 Å². The minimum absolute atomic E-state index is 0. The van der Waals surface area contributed by atoms with Gasteiger partial charge in [-0.2, -0.15) is 0 Å². The van der Waals surface area contributed by atoms with Gasteiger partial charge in [-0.1, -0.05) is 0 Å². The van der Waals surface area contributed by atoms with Crippen LogP contribution < -0.4 is 10.2 Å². The summed E-state index contributed by atoms with van der Waals surface area (Å²) in [5, 5.41) is 3.29. The number of nitrogens with one attached hydrogen (secondary N) is 2. The molecule has 0 saturated carbocycles. The molecule has 1 aliphatic rings. The summed E-state index contributed by atoms with van der Waals surface area (Å²) in [5.74, 6) is 0.992. The largest absolute Gasteiger partial charge is 0.340 e. The van der Waals surface area contributed by atoms with Crippen molar-refractivity contribution in [2.75, 3.05) is 31.1 Å². The van der Waals surface area contributed by atoms with Gasteiger partial charge in [0, 0.05) is 38.6 Å². The number of piperazine rings is 1. The van der Waals surface area contributed by atoms with E-state index >= 15 is 0 Å². The molecule has 0 atom stereocenters. The predicted molar refractivity (Wildman–Crippen MR) is 58.2 cm³/mol. The SMILES string of the molecule is Cl.Cl.c1c[nH]c(N2CCNCC2)n1. The summed E-state index contributed by atoms with van der Waals surface area (Å²) in [6.07, 6.45) is 3.65. The van der Waals surface area contributed by atoms with E-state index in [-0.39, 0.29) is 24.8 Å². The number of rotatable bonds is 1. The summed E-state index contributed by atoms with van der Waals surface area (Å²) in [7, 11) is 0. The normalized spacial score (nSPS) is 15.8. The molecule has 0 bridgehead atoms. The molecule has 13 heavy (non-hydrogen) atoms. The van der Waals surface area contributed by atoms with Crippen molar-refractivity contribution >= 4 is 30.8 Å². The lowest BCUT2D eigenvalue weighted by molar-refractivity contribution is 0.581. The number of aromatic amines is 1. The molecule has 1 aromatic rings. The molecular weight excluding hydrogens is 211 g/mol. The molecule has 0 amide bonds. The number of imidazole rings is 1. The number of hydrogen-bond donors (Lipinski definition) is 2. The van der Waals surface area contributed by atoms with Crippen LogP contribution in [0.5, 0.6) is 0 Å². The Bertz CT molecular complexity index is 208. The van der Waals surface area contributed by atoms with Gasteiger partial charge in [-0.05, 0) is 0 Å². The zero-order valence-corrected chi connectivity index (χ0v) is 8.83. The lowest BCUT2D eigenvalue weighted by atomic mass is 10.4. The summed E-state index contributed by atoms with van der Waals surface area (Å²) in [6, 6.07) is 0. The third-order valence-corrected chi connectivity index (χ3v) is 1.90. The van der Waals surface area contributed by atoms with E-state index in [1.54, 1.807) is 6.20 Å². The highest BCUT2D eigenvalue weighted by atomic mass is 35.5. The van der Waals surface area contributed by atoms with E-state index in [0.717, 1.165) is 32.1 Å². The summed E-state index contributed by atoms with van der Waals surface area (Å²) in [4.78, 5) is 9.52. The fourth-order valence-electron chi connectivity index (χ4n) is 1.31. The van der Waals surface area contributed by atoms with Crippen LogP contribution in [0.15, 0.2) is 12.4 Å². The number of anilines is 1. The van der Waals surface area contributed by atoms with Crippen molar-refractivity contribution in [3.8, 4) is 0 Å². The molecule has 76 valence electrons. The predicted octanol–water partition coefficient (Wildman–Crippen LogP) is 0.663. The highest BCUT2D eigenvalue weighted by Gasteiger charge is 2.10. The number of nitrogens with zero attached hydrogens (tertiary/aromatic N) is 2. The van der Waals surface area contributed by atoms with Crippen LogP contribution in [0.1, 0.15) is 0 Å². The number of aromatic nitrogens is 2. The third-order valence-electron chi connectivity index (χ3n) is 1.90. The van der Waals surface area contributed by atoms with Crippen molar-refractivity contribution in [3.05, 3.63) is 12.4 Å². The Balaban J connectivity index is 0.000000720. The first-order valence-corrected chi connectivity index (χ1v) is 3.92. The second-order valence-corrected chi connectivity index (χ2v) is 2.65. The van der Waals surface area contributed by atoms with Crippen LogP contribution in [-0.2, 0) is 0 Å². The minimum atomic E-state index is 0. The molecule has 2 N–H and O–H groups in total. The summed E-state index contributed by atoms with van der Waals surface area (Å²) < 4.78 is 0. The van der Waals surface area contributed by atoms with Gasteiger partial charge in [-0.15, -0.1) is 24.8 Å². The Morgan fingerprint density at radius 1 is 1.23 bits per heavy atom. The van der Waals surface area contributed by atoms with E-state index in [1.165, 1.54) is 0 Å².